The van der Waals surface area contributed by atoms with E-state index in [1.165, 1.54) is 10.9 Å². The number of likely N-dealkylation sites (N-methyl/N-ethyl adjacent to an activating group) is 1. The third kappa shape index (κ3) is 5.06. The number of hydrogen-bond acceptors (Lipinski definition) is 5. The van der Waals surface area contributed by atoms with E-state index in [1.54, 1.807) is 33.8 Å². The van der Waals surface area contributed by atoms with Crippen LogP contribution in [0.3, 0.4) is 0 Å². The van der Waals surface area contributed by atoms with Crippen LogP contribution in [-0.4, -0.2) is 56.8 Å². The SMILES string of the molecule is CC1CCCCN1S(=O)(=O)c1cccc(C(=O)NCC(c2cccs2)N(C)C)c1. The summed E-state index contributed by atoms with van der Waals surface area (Å²) in [6, 6.07) is 10.5. The van der Waals surface area contributed by atoms with E-state index in [2.05, 4.69) is 16.3 Å². The molecule has 1 N–H and O–H groups in total. The van der Waals surface area contributed by atoms with Gasteiger partial charge in [-0.3, -0.25) is 4.79 Å². The van der Waals surface area contributed by atoms with Gasteiger partial charge in [-0.2, -0.15) is 4.31 Å². The molecule has 1 aliphatic heterocycles. The van der Waals surface area contributed by atoms with Gasteiger partial charge in [0.2, 0.25) is 10.0 Å². The smallest absolute Gasteiger partial charge is 0.251 e. The van der Waals surface area contributed by atoms with E-state index in [-0.39, 0.29) is 22.9 Å². The van der Waals surface area contributed by atoms with Crippen LogP contribution >= 0.6 is 11.3 Å². The van der Waals surface area contributed by atoms with E-state index in [9.17, 15) is 13.2 Å². The second-order valence-corrected chi connectivity index (χ2v) is 10.6. The lowest BCUT2D eigenvalue weighted by atomic mass is 10.1. The Morgan fingerprint density at radius 1 is 1.28 bits per heavy atom. The summed E-state index contributed by atoms with van der Waals surface area (Å²) in [4.78, 5) is 16.1. The summed E-state index contributed by atoms with van der Waals surface area (Å²) >= 11 is 1.65. The van der Waals surface area contributed by atoms with E-state index in [1.807, 2.05) is 32.5 Å². The largest absolute Gasteiger partial charge is 0.350 e. The molecule has 1 aromatic heterocycles. The van der Waals surface area contributed by atoms with Crippen molar-refractivity contribution in [1.82, 2.24) is 14.5 Å². The monoisotopic (exact) mass is 435 g/mol. The van der Waals surface area contributed by atoms with Crippen LogP contribution in [0, 0.1) is 0 Å². The summed E-state index contributed by atoms with van der Waals surface area (Å²) < 4.78 is 27.7. The number of sulfonamides is 1. The molecule has 0 saturated carbocycles. The van der Waals surface area contributed by atoms with Gasteiger partial charge in [-0.05, 0) is 63.5 Å². The van der Waals surface area contributed by atoms with Crippen molar-refractivity contribution in [2.24, 2.45) is 0 Å². The number of carbonyl (C=O) groups is 1. The summed E-state index contributed by atoms with van der Waals surface area (Å²) in [6.45, 7) is 2.93. The summed E-state index contributed by atoms with van der Waals surface area (Å²) in [5.41, 5.74) is 0.361. The highest BCUT2D eigenvalue weighted by Crippen LogP contribution is 2.26. The lowest BCUT2D eigenvalue weighted by molar-refractivity contribution is 0.0942. The maximum atomic E-state index is 13.1. The Morgan fingerprint density at radius 2 is 2.07 bits per heavy atom. The third-order valence-corrected chi connectivity index (χ3v) is 8.38. The highest BCUT2D eigenvalue weighted by Gasteiger charge is 2.31. The first-order valence-electron chi connectivity index (χ1n) is 9.90. The zero-order valence-corrected chi connectivity index (χ0v) is 18.8. The number of nitrogens with zero attached hydrogens (tertiary/aromatic N) is 2. The number of rotatable bonds is 7. The van der Waals surface area contributed by atoms with Crippen LogP contribution in [0.4, 0.5) is 0 Å². The van der Waals surface area contributed by atoms with Gasteiger partial charge < -0.3 is 10.2 Å². The molecule has 8 heteroatoms. The molecule has 6 nitrogen and oxygen atoms in total. The lowest BCUT2D eigenvalue weighted by Crippen LogP contribution is -2.42. The zero-order chi connectivity index (χ0) is 21.0. The molecular weight excluding hydrogens is 406 g/mol. The number of hydrogen-bond donors (Lipinski definition) is 1. The Morgan fingerprint density at radius 3 is 2.72 bits per heavy atom. The van der Waals surface area contributed by atoms with E-state index >= 15 is 0 Å². The molecule has 0 spiro atoms. The molecule has 2 unspecified atom stereocenters. The molecule has 1 fully saturated rings. The van der Waals surface area contributed by atoms with Crippen molar-refractivity contribution in [1.29, 1.82) is 0 Å². The molecule has 1 aliphatic rings. The molecule has 0 radical (unpaired) electrons. The summed E-state index contributed by atoms with van der Waals surface area (Å²) in [6.07, 6.45) is 2.79. The fourth-order valence-electron chi connectivity index (χ4n) is 3.67. The van der Waals surface area contributed by atoms with Gasteiger partial charge in [0.25, 0.3) is 5.91 Å². The van der Waals surface area contributed by atoms with Gasteiger partial charge in [-0.1, -0.05) is 18.6 Å². The predicted octanol–water partition coefficient (Wildman–Crippen LogP) is 3.34. The van der Waals surface area contributed by atoms with Crippen molar-refractivity contribution in [3.63, 3.8) is 0 Å². The highest BCUT2D eigenvalue weighted by molar-refractivity contribution is 7.89. The molecular formula is C21H29N3O3S2. The first-order chi connectivity index (χ1) is 13.8. The molecule has 2 atom stereocenters. The van der Waals surface area contributed by atoms with Gasteiger partial charge in [-0.15, -0.1) is 11.3 Å². The Bertz CT molecular complexity index is 926. The Kier molecular flexibility index (Phi) is 7.10. The van der Waals surface area contributed by atoms with Crippen LogP contribution < -0.4 is 5.32 Å². The fourth-order valence-corrected chi connectivity index (χ4v) is 6.34. The number of benzene rings is 1. The van der Waals surface area contributed by atoms with Crippen LogP contribution in [0.2, 0.25) is 0 Å². The Balaban J connectivity index is 1.74. The van der Waals surface area contributed by atoms with Gasteiger partial charge in [0, 0.05) is 29.6 Å². The maximum Gasteiger partial charge on any atom is 0.251 e. The van der Waals surface area contributed by atoms with Gasteiger partial charge in [0.05, 0.1) is 10.9 Å². The number of piperidine rings is 1. The minimum Gasteiger partial charge on any atom is -0.350 e. The lowest BCUT2D eigenvalue weighted by Gasteiger charge is -2.32. The molecule has 0 bridgehead atoms. The average molecular weight is 436 g/mol. The molecule has 2 heterocycles. The van der Waals surface area contributed by atoms with Crippen LogP contribution in [0.1, 0.15) is 47.5 Å². The topological polar surface area (TPSA) is 69.7 Å². The highest BCUT2D eigenvalue weighted by atomic mass is 32.2. The number of amides is 1. The van der Waals surface area contributed by atoms with E-state index in [0.717, 1.165) is 19.3 Å². The molecule has 1 amide bonds. The molecule has 29 heavy (non-hydrogen) atoms. The van der Waals surface area contributed by atoms with E-state index < -0.39 is 10.0 Å². The third-order valence-electron chi connectivity index (χ3n) is 5.40. The normalized spacial score (nSPS) is 19.2. The predicted molar refractivity (Wildman–Crippen MR) is 117 cm³/mol. The molecule has 1 aromatic carbocycles. The number of nitrogens with one attached hydrogen (secondary N) is 1. The van der Waals surface area contributed by atoms with Crippen LogP contribution in [0.25, 0.3) is 0 Å². The van der Waals surface area contributed by atoms with Crippen molar-refractivity contribution >= 4 is 27.3 Å². The summed E-state index contributed by atoms with van der Waals surface area (Å²) in [5.74, 6) is -0.267. The van der Waals surface area contributed by atoms with Gasteiger partial charge in [-0.25, -0.2) is 8.42 Å². The minimum atomic E-state index is -3.60. The molecule has 2 aromatic rings. The first-order valence-corrected chi connectivity index (χ1v) is 12.2. The molecule has 3 rings (SSSR count). The standard InChI is InChI=1S/C21H29N3O3S2/c1-16-8-4-5-12-24(16)29(26,27)18-10-6-9-17(14-18)21(25)22-15-19(23(2)3)20-11-7-13-28-20/h6-7,9-11,13-14,16,19H,4-5,8,12,15H2,1-3H3,(H,22,25). The fraction of sp³-hybridized carbons (Fsp3) is 0.476. The summed E-state index contributed by atoms with van der Waals surface area (Å²) in [5, 5.41) is 4.97. The van der Waals surface area contributed by atoms with Crippen molar-refractivity contribution in [2.45, 2.75) is 43.2 Å². The van der Waals surface area contributed by atoms with Gasteiger partial charge in [0.1, 0.15) is 0 Å². The van der Waals surface area contributed by atoms with E-state index in [4.69, 9.17) is 0 Å². The molecule has 0 aliphatic carbocycles. The maximum absolute atomic E-state index is 13.1. The van der Waals surface area contributed by atoms with Crippen LogP contribution in [0.5, 0.6) is 0 Å². The second-order valence-electron chi connectivity index (χ2n) is 7.69. The Labute approximate surface area is 177 Å². The Hall–Kier alpha value is -1.74. The minimum absolute atomic E-state index is 0.0159. The summed E-state index contributed by atoms with van der Waals surface area (Å²) in [7, 11) is 0.351. The number of thiophene rings is 1. The van der Waals surface area contributed by atoms with Gasteiger partial charge in [0.15, 0.2) is 0 Å². The van der Waals surface area contributed by atoms with Crippen molar-refractivity contribution in [3.8, 4) is 0 Å². The van der Waals surface area contributed by atoms with Crippen molar-refractivity contribution in [2.75, 3.05) is 27.2 Å². The molecule has 158 valence electrons. The second kappa shape index (κ2) is 9.38. The van der Waals surface area contributed by atoms with E-state index in [0.29, 0.717) is 18.7 Å². The first kappa shape index (κ1) is 22.0. The quantitative estimate of drug-likeness (QED) is 0.724. The zero-order valence-electron chi connectivity index (χ0n) is 17.2. The van der Waals surface area contributed by atoms with Crippen LogP contribution in [-0.2, 0) is 10.0 Å². The van der Waals surface area contributed by atoms with Crippen LogP contribution in [0.15, 0.2) is 46.7 Å². The van der Waals surface area contributed by atoms with Crippen molar-refractivity contribution < 1.29 is 13.2 Å². The number of carbonyl (C=O) groups excluding carboxylic acids is 1. The van der Waals surface area contributed by atoms with Gasteiger partial charge >= 0.3 is 0 Å². The van der Waals surface area contributed by atoms with Crippen molar-refractivity contribution in [3.05, 3.63) is 52.2 Å². The molecule has 1 saturated heterocycles. The average Bonchev–Trinajstić information content (AvgIpc) is 3.22.